The Labute approximate surface area is 295 Å². The molecule has 3 aliphatic carbocycles. The Morgan fingerprint density at radius 3 is 2.40 bits per heavy atom. The molecule has 4 atom stereocenters. The average molecular weight is 697 g/mol. The number of ketones is 2. The van der Waals surface area contributed by atoms with E-state index in [1.807, 2.05) is 94.4 Å². The Balaban J connectivity index is 1.58. The van der Waals surface area contributed by atoms with Crippen molar-refractivity contribution in [1.82, 2.24) is 15.0 Å². The number of aryl methyl sites for hydroxylation is 1. The summed E-state index contributed by atoms with van der Waals surface area (Å²) in [5.74, 6) is -1.92. The number of carbonyl (C=O) groups excluding carboxylic acids is 2. The highest BCUT2D eigenvalue weighted by Crippen LogP contribution is 2.59. The Hall–Kier alpha value is -4.08. The van der Waals surface area contributed by atoms with Crippen molar-refractivity contribution in [3.8, 4) is 11.9 Å². The van der Waals surface area contributed by atoms with E-state index in [9.17, 15) is 15.2 Å². The largest absolute Gasteiger partial charge is 0.508 e. The number of nitrogens with zero attached hydrogens (tertiary/aromatic N) is 4. The van der Waals surface area contributed by atoms with Gasteiger partial charge in [0.2, 0.25) is 5.78 Å². The van der Waals surface area contributed by atoms with Crippen molar-refractivity contribution in [3.63, 3.8) is 0 Å². The number of benzene rings is 2. The maximum Gasteiger partial charge on any atom is 0.265 e. The molecule has 0 unspecified atom stereocenters. The van der Waals surface area contributed by atoms with Gasteiger partial charge < -0.3 is 23.7 Å². The van der Waals surface area contributed by atoms with E-state index in [1.165, 1.54) is 0 Å². The van der Waals surface area contributed by atoms with Gasteiger partial charge in [0, 0.05) is 23.6 Å². The molecule has 11 heteroatoms. The molecule has 1 N–H and O–H groups in total. The smallest absolute Gasteiger partial charge is 0.265 e. The molecule has 50 heavy (non-hydrogen) atoms. The molecule has 3 aliphatic rings. The van der Waals surface area contributed by atoms with Crippen molar-refractivity contribution in [1.29, 1.82) is 5.26 Å². The number of rotatable bonds is 8. The second kappa shape index (κ2) is 12.6. The van der Waals surface area contributed by atoms with E-state index in [2.05, 4.69) is 32.0 Å². The molecule has 264 valence electrons. The molecular weight excluding hydrogens is 649 g/mol. The van der Waals surface area contributed by atoms with Gasteiger partial charge in [-0.3, -0.25) is 14.5 Å². The lowest BCUT2D eigenvalue weighted by Crippen LogP contribution is -2.65. The Morgan fingerprint density at radius 1 is 1.12 bits per heavy atom. The maximum atomic E-state index is 15.3. The highest BCUT2D eigenvalue weighted by molar-refractivity contribution is 6.74. The molecule has 0 saturated heterocycles. The first-order valence-corrected chi connectivity index (χ1v) is 20.1. The number of hydrogen-bond donors (Lipinski definition) is 1. The third kappa shape index (κ3) is 5.53. The summed E-state index contributed by atoms with van der Waals surface area (Å²) in [5.41, 5.74) is 2.54. The number of Topliss-reactive ketones (excluding diaryl/α,β-unsaturated/α-hetero) is 2. The predicted octanol–water partition coefficient (Wildman–Crippen LogP) is 6.94. The maximum absolute atomic E-state index is 15.3. The second-order valence-corrected chi connectivity index (χ2v) is 20.8. The fraction of sp³-hybridized carbons (Fsp3) is 0.487. The monoisotopic (exact) mass is 696 g/mol. The van der Waals surface area contributed by atoms with Crippen LogP contribution >= 0.6 is 0 Å². The van der Waals surface area contributed by atoms with Crippen molar-refractivity contribution in [2.75, 3.05) is 28.2 Å². The normalized spacial score (nSPS) is 23.4. The molecule has 0 fully saturated rings. The molecule has 3 aromatic rings. The summed E-state index contributed by atoms with van der Waals surface area (Å²) >= 11 is 0. The molecule has 0 radical (unpaired) electrons. The number of fused-ring (bicyclic) bond motifs is 4. The second-order valence-electron chi connectivity index (χ2n) is 16.1. The molecule has 0 aliphatic heterocycles. The van der Waals surface area contributed by atoms with E-state index in [1.54, 1.807) is 0 Å². The first-order valence-electron chi connectivity index (χ1n) is 17.2. The number of allylic oxidation sites excluding steroid dienone is 1. The van der Waals surface area contributed by atoms with Gasteiger partial charge in [-0.15, -0.1) is 0 Å². The Morgan fingerprint density at radius 2 is 1.80 bits per heavy atom. The predicted molar refractivity (Wildman–Crippen MR) is 192 cm³/mol. The van der Waals surface area contributed by atoms with Crippen LogP contribution in [0.25, 0.3) is 0 Å². The van der Waals surface area contributed by atoms with Crippen molar-refractivity contribution < 1.29 is 28.4 Å². The zero-order valence-corrected chi connectivity index (χ0v) is 31.8. The number of carbonyl (C=O) groups is 2. The fourth-order valence-corrected chi connectivity index (χ4v) is 9.40. The molecule has 0 amide bonds. The molecule has 0 saturated carbocycles. The average Bonchev–Trinajstić information content (AvgIpc) is 3.44. The third-order valence-electron chi connectivity index (χ3n) is 11.2. The van der Waals surface area contributed by atoms with Gasteiger partial charge in [-0.1, -0.05) is 57.2 Å². The number of aromatic nitrogens is 1. The van der Waals surface area contributed by atoms with Crippen molar-refractivity contribution in [2.24, 2.45) is 11.8 Å². The number of aliphatic hydroxyl groups excluding tert-OH is 1. The molecule has 0 spiro atoms. The van der Waals surface area contributed by atoms with E-state index >= 15 is 4.79 Å². The summed E-state index contributed by atoms with van der Waals surface area (Å²) in [6.07, 6.45) is 0.719. The van der Waals surface area contributed by atoms with Crippen molar-refractivity contribution in [3.05, 3.63) is 92.4 Å². The quantitative estimate of drug-likeness (QED) is 0.247. The zero-order valence-electron chi connectivity index (χ0n) is 30.8. The van der Waals surface area contributed by atoms with E-state index < -0.39 is 37.6 Å². The number of nitriles is 1. The summed E-state index contributed by atoms with van der Waals surface area (Å²) < 4.78 is 19.4. The van der Waals surface area contributed by atoms with Gasteiger partial charge >= 0.3 is 0 Å². The van der Waals surface area contributed by atoms with Crippen LogP contribution in [0.5, 0.6) is 5.88 Å². The molecule has 1 aromatic heterocycles. The molecule has 10 nitrogen and oxygen atoms in total. The number of hydrogen-bond acceptors (Lipinski definition) is 10. The van der Waals surface area contributed by atoms with Crippen LogP contribution in [-0.4, -0.2) is 73.7 Å². The lowest BCUT2D eigenvalue weighted by Gasteiger charge is -2.55. The minimum Gasteiger partial charge on any atom is -0.508 e. The molecule has 0 bridgehead atoms. The first kappa shape index (κ1) is 35.7. The zero-order chi connectivity index (χ0) is 36.5. The standard InChI is InChI=1S/C39H48N4O6Si/c1-22-16-25(20-42(5)6)27(19-40)26-17-24-18-28-32(43(7)8)34-31(37(41-48-34)47-21-23-14-12-11-13-15-23)36(46)39(28,49-50(9,10)38(2,3)4)35(45)30(24)33(44)29(22)26/h11-16,24,28,32,45H,17-18,20-21H2,1-10H3/t24-,28-,32-,39-/m0/s1. The highest BCUT2D eigenvalue weighted by atomic mass is 28.4. The van der Waals surface area contributed by atoms with E-state index in [0.29, 0.717) is 41.8 Å². The minimum absolute atomic E-state index is 0.0283. The van der Waals surface area contributed by atoms with Crippen LogP contribution in [0.1, 0.15) is 87.5 Å². The Kier molecular flexibility index (Phi) is 9.01. The van der Waals surface area contributed by atoms with Crippen LogP contribution in [0.2, 0.25) is 18.1 Å². The number of aliphatic hydroxyl groups is 1. The summed E-state index contributed by atoms with van der Waals surface area (Å²) in [4.78, 5) is 34.0. The van der Waals surface area contributed by atoms with Gasteiger partial charge in [-0.05, 0) is 99.4 Å². The van der Waals surface area contributed by atoms with Crippen LogP contribution in [0.4, 0.5) is 0 Å². The first-order chi connectivity index (χ1) is 23.4. The fourth-order valence-electron chi connectivity index (χ4n) is 7.94. The van der Waals surface area contributed by atoms with Crippen LogP contribution in [0, 0.1) is 30.1 Å². The van der Waals surface area contributed by atoms with E-state index in [-0.39, 0.29) is 40.2 Å². The van der Waals surface area contributed by atoms with Gasteiger partial charge in [0.1, 0.15) is 17.9 Å². The van der Waals surface area contributed by atoms with Crippen LogP contribution in [-0.2, 0) is 24.0 Å². The van der Waals surface area contributed by atoms with Gasteiger partial charge in [0.05, 0.1) is 17.7 Å². The van der Waals surface area contributed by atoms with E-state index in [0.717, 1.165) is 16.7 Å². The van der Waals surface area contributed by atoms with E-state index in [4.69, 9.17) is 13.7 Å². The SMILES string of the molecule is Cc1cc(CN(C)C)c(C#N)c2c1C(=O)C1=C(O)[C@]3(O[Si](C)(C)C(C)(C)C)C(=O)c4c(OCc5ccccc5)noc4[C@@H](N(C)C)[C@@H]3C[C@@H]1C2. The topological polar surface area (TPSA) is 129 Å². The van der Waals surface area contributed by atoms with Crippen LogP contribution in [0.15, 0.2) is 52.3 Å². The third-order valence-corrected chi connectivity index (χ3v) is 15.6. The summed E-state index contributed by atoms with van der Waals surface area (Å²) in [6, 6.07) is 13.3. The van der Waals surface area contributed by atoms with Gasteiger partial charge in [0.15, 0.2) is 25.5 Å². The van der Waals surface area contributed by atoms with Gasteiger partial charge in [-0.25, -0.2) is 0 Å². The van der Waals surface area contributed by atoms with Crippen LogP contribution in [0.3, 0.4) is 0 Å². The molecular formula is C39H48N4O6Si. The van der Waals surface area contributed by atoms with Gasteiger partial charge in [-0.2, -0.15) is 5.26 Å². The van der Waals surface area contributed by atoms with Crippen molar-refractivity contribution >= 4 is 19.9 Å². The van der Waals surface area contributed by atoms with Crippen molar-refractivity contribution in [2.45, 2.75) is 83.5 Å². The molecule has 1 heterocycles. The van der Waals surface area contributed by atoms with Gasteiger partial charge in [0.25, 0.3) is 5.88 Å². The summed E-state index contributed by atoms with van der Waals surface area (Å²) in [6.45, 7) is 12.9. The lowest BCUT2D eigenvalue weighted by molar-refractivity contribution is -0.0480. The summed E-state index contributed by atoms with van der Waals surface area (Å²) in [7, 11) is 4.86. The Bertz CT molecular complexity index is 1930. The molecule has 2 aromatic carbocycles. The van der Waals surface area contributed by atoms with Crippen LogP contribution < -0.4 is 4.74 Å². The highest BCUT2D eigenvalue weighted by Gasteiger charge is 2.67. The minimum atomic E-state index is -2.83. The summed E-state index contributed by atoms with van der Waals surface area (Å²) in [5, 5.41) is 27.1. The number of ether oxygens (including phenoxy) is 1. The molecule has 6 rings (SSSR count). The lowest BCUT2D eigenvalue weighted by atomic mass is 9.58.